The first-order valence-electron chi connectivity index (χ1n) is 8.46. The molecule has 0 aromatic heterocycles. The van der Waals surface area contributed by atoms with Crippen molar-refractivity contribution in [2.45, 2.75) is 25.9 Å². The fourth-order valence-electron chi connectivity index (χ4n) is 2.86. The summed E-state index contributed by atoms with van der Waals surface area (Å²) in [5.74, 6) is -0.300. The first-order chi connectivity index (χ1) is 11.4. The van der Waals surface area contributed by atoms with Crippen LogP contribution in [-0.2, 0) is 9.59 Å². The van der Waals surface area contributed by atoms with Crippen LogP contribution in [0.4, 0.5) is 0 Å². The highest BCUT2D eigenvalue weighted by atomic mass is 16.2. The third-order valence-electron chi connectivity index (χ3n) is 4.52. The number of likely N-dealkylation sites (N-methyl/N-ethyl adjacent to an activating group) is 1. The van der Waals surface area contributed by atoms with E-state index in [1.54, 1.807) is 0 Å². The van der Waals surface area contributed by atoms with Crippen LogP contribution in [0.25, 0.3) is 0 Å². The number of nitrogens with two attached hydrogens (primary N) is 1. The molecule has 0 bridgehead atoms. The summed E-state index contributed by atoms with van der Waals surface area (Å²) in [5, 5.41) is 2.68. The summed E-state index contributed by atoms with van der Waals surface area (Å²) in [4.78, 5) is 28.7. The Morgan fingerprint density at radius 1 is 1.25 bits per heavy atom. The Kier molecular flexibility index (Phi) is 6.34. The van der Waals surface area contributed by atoms with Crippen LogP contribution >= 0.6 is 0 Å². The Balaban J connectivity index is 2.02. The minimum Gasteiger partial charge on any atom is -0.346 e. The van der Waals surface area contributed by atoms with Crippen molar-refractivity contribution in [1.29, 1.82) is 0 Å². The molecule has 1 aliphatic heterocycles. The fraction of sp³-hybridized carbons (Fsp3) is 0.556. The van der Waals surface area contributed by atoms with Crippen molar-refractivity contribution in [3.63, 3.8) is 0 Å². The molecule has 6 heteroatoms. The summed E-state index contributed by atoms with van der Waals surface area (Å²) in [5.41, 5.74) is 6.93. The van der Waals surface area contributed by atoms with Gasteiger partial charge in [0, 0.05) is 19.6 Å². The van der Waals surface area contributed by atoms with Gasteiger partial charge in [-0.3, -0.25) is 9.59 Å². The lowest BCUT2D eigenvalue weighted by atomic mass is 10.0. The number of carbonyl (C=O) groups excluding carboxylic acids is 2. The summed E-state index contributed by atoms with van der Waals surface area (Å²) >= 11 is 0. The van der Waals surface area contributed by atoms with E-state index in [0.717, 1.165) is 18.7 Å². The van der Waals surface area contributed by atoms with Crippen LogP contribution in [0.1, 0.15) is 25.5 Å². The Hall–Kier alpha value is -1.92. The molecule has 1 saturated heterocycles. The van der Waals surface area contributed by atoms with E-state index in [0.29, 0.717) is 6.54 Å². The molecular weight excluding hydrogens is 304 g/mol. The van der Waals surface area contributed by atoms with Crippen LogP contribution in [0.2, 0.25) is 0 Å². The van der Waals surface area contributed by atoms with Gasteiger partial charge in [-0.25, -0.2) is 0 Å². The van der Waals surface area contributed by atoms with Crippen molar-refractivity contribution in [3.8, 4) is 0 Å². The highest BCUT2D eigenvalue weighted by Gasteiger charge is 2.30. The van der Waals surface area contributed by atoms with Crippen molar-refractivity contribution in [2.75, 3.05) is 33.2 Å². The van der Waals surface area contributed by atoms with Crippen LogP contribution in [-0.4, -0.2) is 60.9 Å². The lowest BCUT2D eigenvalue weighted by molar-refractivity contribution is -0.137. The highest BCUT2D eigenvalue weighted by Crippen LogP contribution is 2.24. The van der Waals surface area contributed by atoms with E-state index in [4.69, 9.17) is 5.73 Å². The van der Waals surface area contributed by atoms with Crippen LogP contribution in [0, 0.1) is 5.92 Å². The second-order valence-corrected chi connectivity index (χ2v) is 6.76. The van der Waals surface area contributed by atoms with Crippen LogP contribution in [0.5, 0.6) is 0 Å². The molecule has 0 radical (unpaired) electrons. The van der Waals surface area contributed by atoms with Crippen LogP contribution < -0.4 is 11.1 Å². The molecule has 1 fully saturated rings. The molecule has 0 aliphatic carbocycles. The average Bonchev–Trinajstić information content (AvgIpc) is 2.59. The fourth-order valence-corrected chi connectivity index (χ4v) is 2.86. The van der Waals surface area contributed by atoms with E-state index in [2.05, 4.69) is 17.3 Å². The summed E-state index contributed by atoms with van der Waals surface area (Å²) < 4.78 is 0. The second kappa shape index (κ2) is 8.26. The maximum absolute atomic E-state index is 12.6. The van der Waals surface area contributed by atoms with E-state index in [1.165, 1.54) is 0 Å². The van der Waals surface area contributed by atoms with Gasteiger partial charge in [0.1, 0.15) is 0 Å². The minimum absolute atomic E-state index is 0.00752. The average molecular weight is 332 g/mol. The number of benzene rings is 1. The van der Waals surface area contributed by atoms with Gasteiger partial charge in [0.25, 0.3) is 0 Å². The lowest BCUT2D eigenvalue weighted by Gasteiger charge is -2.40. The number of hydrogen-bond acceptors (Lipinski definition) is 4. The molecular formula is C18H28N4O2. The molecule has 2 rings (SSSR count). The molecule has 1 aromatic rings. The predicted octanol–water partition coefficient (Wildman–Crippen LogP) is 0.601. The normalized spacial score (nSPS) is 20.0. The minimum atomic E-state index is -0.588. The third-order valence-corrected chi connectivity index (χ3v) is 4.52. The topological polar surface area (TPSA) is 78.7 Å². The van der Waals surface area contributed by atoms with Gasteiger partial charge in [0.05, 0.1) is 18.6 Å². The number of nitrogens with one attached hydrogen (secondary N) is 1. The van der Waals surface area contributed by atoms with Gasteiger partial charge in [0.15, 0.2) is 0 Å². The highest BCUT2D eigenvalue weighted by molar-refractivity contribution is 5.87. The molecule has 1 aromatic carbocycles. The molecule has 2 amide bonds. The zero-order valence-corrected chi connectivity index (χ0v) is 14.7. The zero-order chi connectivity index (χ0) is 17.7. The van der Waals surface area contributed by atoms with Gasteiger partial charge in [-0.05, 0) is 18.5 Å². The van der Waals surface area contributed by atoms with Gasteiger partial charge in [-0.15, -0.1) is 0 Å². The monoisotopic (exact) mass is 332 g/mol. The van der Waals surface area contributed by atoms with Gasteiger partial charge in [-0.1, -0.05) is 44.2 Å². The first-order valence-corrected chi connectivity index (χ1v) is 8.46. The number of piperazine rings is 1. The Bertz CT molecular complexity index is 561. The molecule has 0 spiro atoms. The number of carbonyl (C=O) groups is 2. The molecule has 1 unspecified atom stereocenters. The Labute approximate surface area is 144 Å². The van der Waals surface area contributed by atoms with Crippen molar-refractivity contribution < 1.29 is 9.59 Å². The molecule has 3 N–H and O–H groups in total. The number of hydrogen-bond donors (Lipinski definition) is 2. The third kappa shape index (κ3) is 4.55. The van der Waals surface area contributed by atoms with Crippen molar-refractivity contribution >= 4 is 11.8 Å². The van der Waals surface area contributed by atoms with E-state index in [-0.39, 0.29) is 30.3 Å². The summed E-state index contributed by atoms with van der Waals surface area (Å²) in [6.45, 7) is 6.03. The Morgan fingerprint density at radius 2 is 1.92 bits per heavy atom. The van der Waals surface area contributed by atoms with E-state index >= 15 is 0 Å². The zero-order valence-electron chi connectivity index (χ0n) is 14.7. The second-order valence-electron chi connectivity index (χ2n) is 6.76. The van der Waals surface area contributed by atoms with Gasteiger partial charge in [-0.2, -0.15) is 0 Å². The number of amides is 2. The molecule has 2 atom stereocenters. The van der Waals surface area contributed by atoms with Gasteiger partial charge < -0.3 is 20.9 Å². The van der Waals surface area contributed by atoms with Crippen molar-refractivity contribution in [1.82, 2.24) is 15.1 Å². The summed E-state index contributed by atoms with van der Waals surface area (Å²) in [6, 6.07) is 9.43. The largest absolute Gasteiger partial charge is 0.346 e. The standard InChI is InChI=1S/C18H28N4O2/c1-13(2)17(19)18(24)20-11-16(23)22-10-9-21(3)12-15(22)14-7-5-4-6-8-14/h4-8,13,15,17H,9-12,19H2,1-3H3,(H,20,24)/t15?,17-/m0/s1. The SMILES string of the molecule is CC(C)[C@H](N)C(=O)NCC(=O)N1CCN(C)CC1c1ccccc1. The number of rotatable bonds is 5. The van der Waals surface area contributed by atoms with Crippen LogP contribution in [0.3, 0.4) is 0 Å². The molecule has 132 valence electrons. The molecule has 6 nitrogen and oxygen atoms in total. The van der Waals surface area contributed by atoms with Crippen molar-refractivity contribution in [2.24, 2.45) is 11.7 Å². The van der Waals surface area contributed by atoms with Crippen molar-refractivity contribution in [3.05, 3.63) is 35.9 Å². The Morgan fingerprint density at radius 3 is 2.54 bits per heavy atom. The molecule has 0 saturated carbocycles. The van der Waals surface area contributed by atoms with Gasteiger partial charge in [0.2, 0.25) is 11.8 Å². The summed E-state index contributed by atoms with van der Waals surface area (Å²) in [6.07, 6.45) is 0. The predicted molar refractivity (Wildman–Crippen MR) is 94.2 cm³/mol. The molecule has 1 heterocycles. The number of nitrogens with zero attached hydrogens (tertiary/aromatic N) is 2. The van der Waals surface area contributed by atoms with E-state index in [1.807, 2.05) is 49.1 Å². The van der Waals surface area contributed by atoms with Gasteiger partial charge >= 0.3 is 0 Å². The maximum atomic E-state index is 12.6. The molecule has 1 aliphatic rings. The molecule has 24 heavy (non-hydrogen) atoms. The summed E-state index contributed by atoms with van der Waals surface area (Å²) in [7, 11) is 2.06. The van der Waals surface area contributed by atoms with E-state index in [9.17, 15) is 9.59 Å². The first kappa shape index (κ1) is 18.4. The van der Waals surface area contributed by atoms with Crippen LogP contribution in [0.15, 0.2) is 30.3 Å². The maximum Gasteiger partial charge on any atom is 0.242 e. The lowest BCUT2D eigenvalue weighted by Crippen LogP contribution is -2.53. The van der Waals surface area contributed by atoms with E-state index < -0.39 is 6.04 Å². The quantitative estimate of drug-likeness (QED) is 0.828. The smallest absolute Gasteiger partial charge is 0.242 e.